The molecule has 1 aromatic carbocycles. The molecular formula is C19H26N2O4. The second-order valence-electron chi connectivity index (χ2n) is 6.40. The lowest BCUT2D eigenvalue weighted by atomic mass is 10.0. The maximum absolute atomic E-state index is 12.4. The van der Waals surface area contributed by atoms with E-state index in [1.165, 1.54) is 7.11 Å². The molecule has 0 spiro atoms. The Balaban J connectivity index is 1.74. The Morgan fingerprint density at radius 2 is 1.84 bits per heavy atom. The first-order valence-corrected chi connectivity index (χ1v) is 8.68. The summed E-state index contributed by atoms with van der Waals surface area (Å²) in [4.78, 5) is 37.2. The zero-order valence-corrected chi connectivity index (χ0v) is 14.9. The molecule has 0 aliphatic carbocycles. The third-order valence-corrected chi connectivity index (χ3v) is 4.60. The number of hydrogen-bond acceptors (Lipinski definition) is 4. The number of hydrogen-bond donors (Lipinski definition) is 1. The third kappa shape index (κ3) is 5.89. The Morgan fingerprint density at radius 1 is 1.16 bits per heavy atom. The molecule has 1 saturated heterocycles. The Labute approximate surface area is 148 Å². The van der Waals surface area contributed by atoms with Crippen LogP contribution < -0.4 is 5.32 Å². The van der Waals surface area contributed by atoms with Crippen molar-refractivity contribution < 1.29 is 19.1 Å². The standard InChI is InChI=1S/C19H26N2O4/c1-14-5-3-4-6-15(14)13-18(23)21-11-9-16(10-12-21)20-17(22)7-8-19(24)25-2/h3-6,16H,7-13H2,1-2H3,(H,20,22). The van der Waals surface area contributed by atoms with Gasteiger partial charge in [0.25, 0.3) is 0 Å². The summed E-state index contributed by atoms with van der Waals surface area (Å²) >= 11 is 0. The molecule has 0 aromatic heterocycles. The fraction of sp³-hybridized carbons (Fsp3) is 0.526. The predicted molar refractivity (Wildman–Crippen MR) is 93.9 cm³/mol. The first-order chi connectivity index (χ1) is 12.0. The molecule has 1 heterocycles. The molecule has 2 rings (SSSR count). The number of rotatable bonds is 6. The van der Waals surface area contributed by atoms with Gasteiger partial charge in [0.1, 0.15) is 0 Å². The van der Waals surface area contributed by atoms with Crippen LogP contribution in [-0.2, 0) is 25.5 Å². The smallest absolute Gasteiger partial charge is 0.306 e. The number of benzene rings is 1. The number of likely N-dealkylation sites (tertiary alicyclic amines) is 1. The van der Waals surface area contributed by atoms with Crippen LogP contribution in [0, 0.1) is 6.92 Å². The van der Waals surface area contributed by atoms with E-state index in [0.29, 0.717) is 19.5 Å². The molecule has 6 heteroatoms. The van der Waals surface area contributed by atoms with Gasteiger partial charge in [-0.2, -0.15) is 0 Å². The van der Waals surface area contributed by atoms with Crippen molar-refractivity contribution in [2.75, 3.05) is 20.2 Å². The Morgan fingerprint density at radius 3 is 2.48 bits per heavy atom. The summed E-state index contributed by atoms with van der Waals surface area (Å²) in [6, 6.07) is 7.98. The van der Waals surface area contributed by atoms with Gasteiger partial charge in [0.2, 0.25) is 11.8 Å². The Bertz CT molecular complexity index is 622. The number of piperidine rings is 1. The summed E-state index contributed by atoms with van der Waals surface area (Å²) < 4.78 is 4.53. The normalized spacial score (nSPS) is 14.9. The van der Waals surface area contributed by atoms with E-state index in [0.717, 1.165) is 24.0 Å². The first-order valence-electron chi connectivity index (χ1n) is 8.68. The summed E-state index contributed by atoms with van der Waals surface area (Å²) in [6.07, 6.45) is 2.13. The molecule has 0 unspecified atom stereocenters. The zero-order chi connectivity index (χ0) is 18.2. The van der Waals surface area contributed by atoms with Crippen molar-refractivity contribution in [1.82, 2.24) is 10.2 Å². The number of amides is 2. The highest BCUT2D eigenvalue weighted by Crippen LogP contribution is 2.14. The van der Waals surface area contributed by atoms with Crippen LogP contribution in [0.1, 0.15) is 36.8 Å². The zero-order valence-electron chi connectivity index (χ0n) is 14.9. The van der Waals surface area contributed by atoms with Crippen LogP contribution in [0.5, 0.6) is 0 Å². The summed E-state index contributed by atoms with van der Waals surface area (Å²) in [6.45, 7) is 3.30. The quantitative estimate of drug-likeness (QED) is 0.794. The van der Waals surface area contributed by atoms with Crippen molar-refractivity contribution in [3.8, 4) is 0 Å². The number of methoxy groups -OCH3 is 1. The molecule has 0 atom stereocenters. The first kappa shape index (κ1) is 19.0. The lowest BCUT2D eigenvalue weighted by Gasteiger charge is -2.32. The molecule has 1 fully saturated rings. The predicted octanol–water partition coefficient (Wildman–Crippen LogP) is 1.60. The lowest BCUT2D eigenvalue weighted by molar-refractivity contribution is -0.142. The highest BCUT2D eigenvalue weighted by Gasteiger charge is 2.24. The van der Waals surface area contributed by atoms with Gasteiger partial charge in [-0.3, -0.25) is 14.4 Å². The average Bonchev–Trinajstić information content (AvgIpc) is 2.62. The SMILES string of the molecule is COC(=O)CCC(=O)NC1CCN(C(=O)Cc2ccccc2C)CC1. The molecule has 6 nitrogen and oxygen atoms in total. The molecule has 2 amide bonds. The van der Waals surface area contributed by atoms with E-state index >= 15 is 0 Å². The topological polar surface area (TPSA) is 75.7 Å². The highest BCUT2D eigenvalue weighted by atomic mass is 16.5. The van der Waals surface area contributed by atoms with Crippen molar-refractivity contribution in [3.05, 3.63) is 35.4 Å². The molecule has 1 N–H and O–H groups in total. The number of carbonyl (C=O) groups excluding carboxylic acids is 3. The fourth-order valence-corrected chi connectivity index (χ4v) is 2.97. The number of carbonyl (C=O) groups is 3. The molecule has 0 bridgehead atoms. The average molecular weight is 346 g/mol. The van der Waals surface area contributed by atoms with Gasteiger partial charge in [-0.1, -0.05) is 24.3 Å². The summed E-state index contributed by atoms with van der Waals surface area (Å²) in [5.41, 5.74) is 2.19. The van der Waals surface area contributed by atoms with Crippen LogP contribution in [0.4, 0.5) is 0 Å². The van der Waals surface area contributed by atoms with Crippen LogP contribution in [0.3, 0.4) is 0 Å². The molecule has 136 valence electrons. The monoisotopic (exact) mass is 346 g/mol. The van der Waals surface area contributed by atoms with E-state index in [9.17, 15) is 14.4 Å². The minimum absolute atomic E-state index is 0.0626. The number of ether oxygens (including phenoxy) is 1. The van der Waals surface area contributed by atoms with Gasteiger partial charge in [-0.25, -0.2) is 0 Å². The van der Waals surface area contributed by atoms with Gasteiger partial charge >= 0.3 is 5.97 Å². The van der Waals surface area contributed by atoms with Crippen LogP contribution in [0.2, 0.25) is 0 Å². The third-order valence-electron chi connectivity index (χ3n) is 4.60. The molecular weight excluding hydrogens is 320 g/mol. The van der Waals surface area contributed by atoms with Gasteiger partial charge in [-0.15, -0.1) is 0 Å². The van der Waals surface area contributed by atoms with E-state index in [1.54, 1.807) is 0 Å². The lowest BCUT2D eigenvalue weighted by Crippen LogP contribution is -2.47. The molecule has 1 aliphatic rings. The minimum atomic E-state index is -0.383. The van der Waals surface area contributed by atoms with E-state index in [2.05, 4.69) is 10.1 Å². The number of esters is 1. The highest BCUT2D eigenvalue weighted by molar-refractivity contribution is 5.81. The van der Waals surface area contributed by atoms with Crippen molar-refractivity contribution >= 4 is 17.8 Å². The number of nitrogens with one attached hydrogen (secondary N) is 1. The fourth-order valence-electron chi connectivity index (χ4n) is 2.97. The van der Waals surface area contributed by atoms with Crippen molar-refractivity contribution in [2.45, 2.75) is 45.1 Å². The molecule has 25 heavy (non-hydrogen) atoms. The van der Waals surface area contributed by atoms with Gasteiger partial charge in [0.15, 0.2) is 0 Å². The van der Waals surface area contributed by atoms with E-state index < -0.39 is 0 Å². The van der Waals surface area contributed by atoms with Crippen LogP contribution in [-0.4, -0.2) is 48.9 Å². The molecule has 0 radical (unpaired) electrons. The van der Waals surface area contributed by atoms with Gasteiger partial charge in [-0.05, 0) is 30.9 Å². The van der Waals surface area contributed by atoms with Crippen LogP contribution in [0.25, 0.3) is 0 Å². The maximum atomic E-state index is 12.4. The van der Waals surface area contributed by atoms with E-state index in [4.69, 9.17) is 0 Å². The molecule has 1 aromatic rings. The Kier molecular flexibility index (Phi) is 6.98. The van der Waals surface area contributed by atoms with Crippen LogP contribution in [0.15, 0.2) is 24.3 Å². The second-order valence-corrected chi connectivity index (χ2v) is 6.40. The van der Waals surface area contributed by atoms with E-state index in [1.807, 2.05) is 36.1 Å². The molecule has 1 aliphatic heterocycles. The summed E-state index contributed by atoms with van der Waals surface area (Å²) in [5, 5.41) is 2.93. The van der Waals surface area contributed by atoms with Crippen molar-refractivity contribution in [3.63, 3.8) is 0 Å². The van der Waals surface area contributed by atoms with Gasteiger partial charge in [0.05, 0.1) is 20.0 Å². The molecule has 0 saturated carbocycles. The van der Waals surface area contributed by atoms with Gasteiger partial charge in [0, 0.05) is 25.6 Å². The summed E-state index contributed by atoms with van der Waals surface area (Å²) in [5.74, 6) is -0.397. The largest absolute Gasteiger partial charge is 0.469 e. The minimum Gasteiger partial charge on any atom is -0.469 e. The van der Waals surface area contributed by atoms with E-state index in [-0.39, 0.29) is 36.7 Å². The number of nitrogens with zero attached hydrogens (tertiary/aromatic N) is 1. The maximum Gasteiger partial charge on any atom is 0.306 e. The second kappa shape index (κ2) is 9.20. The van der Waals surface area contributed by atoms with Crippen molar-refractivity contribution in [2.24, 2.45) is 0 Å². The van der Waals surface area contributed by atoms with Gasteiger partial charge < -0.3 is 15.0 Å². The summed E-state index contributed by atoms with van der Waals surface area (Å²) in [7, 11) is 1.31. The van der Waals surface area contributed by atoms with Crippen molar-refractivity contribution in [1.29, 1.82) is 0 Å². The number of aryl methyl sites for hydroxylation is 1. The Hall–Kier alpha value is -2.37. The van der Waals surface area contributed by atoms with Crippen LogP contribution >= 0.6 is 0 Å².